The molecule has 0 amide bonds. The van der Waals surface area contributed by atoms with Gasteiger partial charge in [0.15, 0.2) is 0 Å². The van der Waals surface area contributed by atoms with Gasteiger partial charge in [-0.15, -0.1) is 0 Å². The third kappa shape index (κ3) is 5.09. The summed E-state index contributed by atoms with van der Waals surface area (Å²) in [5.74, 6) is 0.396. The average Bonchev–Trinajstić information content (AvgIpc) is 2.46. The molecule has 0 aliphatic carbocycles. The van der Waals surface area contributed by atoms with E-state index in [1.165, 1.54) is 5.56 Å². The van der Waals surface area contributed by atoms with Crippen LogP contribution in [0.25, 0.3) is 0 Å². The maximum Gasteiger partial charge on any atom is 0.240 e. The molecule has 0 spiro atoms. The summed E-state index contributed by atoms with van der Waals surface area (Å²) < 4.78 is 26.4. The van der Waals surface area contributed by atoms with Crippen molar-refractivity contribution < 1.29 is 8.42 Å². The summed E-state index contributed by atoms with van der Waals surface area (Å²) in [6.45, 7) is 9.69. The Bertz CT molecular complexity index is 512. The predicted molar refractivity (Wildman–Crippen MR) is 88.1 cm³/mol. The smallest absolute Gasteiger partial charge is 0.240 e. The number of hydrogen-bond donors (Lipinski definition) is 2. The third-order valence-corrected chi connectivity index (χ3v) is 5.27. The van der Waals surface area contributed by atoms with E-state index in [1.54, 1.807) is 19.1 Å². The first-order valence-corrected chi connectivity index (χ1v) is 9.27. The van der Waals surface area contributed by atoms with E-state index in [2.05, 4.69) is 30.8 Å². The second kappa shape index (κ2) is 8.51. The fourth-order valence-electron chi connectivity index (χ4n) is 2.56. The van der Waals surface area contributed by atoms with Crippen molar-refractivity contribution in [3.8, 4) is 0 Å². The summed E-state index contributed by atoms with van der Waals surface area (Å²) in [6.07, 6.45) is 2.14. The van der Waals surface area contributed by atoms with Crippen LogP contribution in [0.3, 0.4) is 0 Å². The Kier molecular flexibility index (Phi) is 7.35. The number of hydrogen-bond acceptors (Lipinski definition) is 3. The highest BCUT2D eigenvalue weighted by atomic mass is 32.2. The molecular weight excluding hydrogens is 284 g/mol. The highest BCUT2D eigenvalue weighted by molar-refractivity contribution is 7.89. The van der Waals surface area contributed by atoms with Crippen LogP contribution in [0.4, 0.5) is 0 Å². The van der Waals surface area contributed by atoms with Gasteiger partial charge in [-0.2, -0.15) is 0 Å². The van der Waals surface area contributed by atoms with Crippen molar-refractivity contribution in [3.63, 3.8) is 0 Å². The number of nitrogens with one attached hydrogen (secondary N) is 2. The monoisotopic (exact) mass is 312 g/mol. The molecule has 2 atom stereocenters. The van der Waals surface area contributed by atoms with Crippen LogP contribution in [0.5, 0.6) is 0 Å². The van der Waals surface area contributed by atoms with Crippen molar-refractivity contribution in [2.45, 2.75) is 57.4 Å². The normalized spacial score (nSPS) is 14.9. The topological polar surface area (TPSA) is 58.2 Å². The third-order valence-electron chi connectivity index (χ3n) is 3.71. The zero-order chi connectivity index (χ0) is 15.9. The molecule has 0 aromatic heterocycles. The molecule has 4 nitrogen and oxygen atoms in total. The first kappa shape index (κ1) is 18.1. The van der Waals surface area contributed by atoms with Gasteiger partial charge in [-0.3, -0.25) is 0 Å². The SMILES string of the molecule is CCCNC(C)C(CC)c1ccc(S(=O)(=O)NCC)cc1. The van der Waals surface area contributed by atoms with Crippen LogP contribution in [-0.2, 0) is 10.0 Å². The molecule has 0 aliphatic rings. The van der Waals surface area contributed by atoms with Gasteiger partial charge in [0.2, 0.25) is 10.0 Å². The molecule has 2 unspecified atom stereocenters. The van der Waals surface area contributed by atoms with Crippen molar-refractivity contribution >= 4 is 10.0 Å². The van der Waals surface area contributed by atoms with E-state index in [1.807, 2.05) is 12.1 Å². The molecule has 0 bridgehead atoms. The Balaban J connectivity index is 2.89. The molecule has 1 rings (SSSR count). The van der Waals surface area contributed by atoms with Gasteiger partial charge in [-0.05, 0) is 49.9 Å². The maximum absolute atomic E-state index is 11.9. The second-order valence-electron chi connectivity index (χ2n) is 5.33. The molecular formula is C16H28N2O2S. The molecule has 1 aromatic carbocycles. The van der Waals surface area contributed by atoms with Crippen LogP contribution in [0.1, 0.15) is 52.0 Å². The number of sulfonamides is 1. The van der Waals surface area contributed by atoms with Gasteiger partial charge in [0.1, 0.15) is 0 Å². The van der Waals surface area contributed by atoms with E-state index in [0.717, 1.165) is 19.4 Å². The fraction of sp³-hybridized carbons (Fsp3) is 0.625. The molecule has 0 aliphatic heterocycles. The first-order chi connectivity index (χ1) is 9.96. The Labute approximate surface area is 129 Å². The van der Waals surface area contributed by atoms with Gasteiger partial charge in [0, 0.05) is 12.6 Å². The molecule has 0 radical (unpaired) electrons. The highest BCUT2D eigenvalue weighted by Crippen LogP contribution is 2.24. The summed E-state index contributed by atoms with van der Waals surface area (Å²) in [7, 11) is -3.36. The van der Waals surface area contributed by atoms with E-state index in [9.17, 15) is 8.42 Å². The van der Waals surface area contributed by atoms with Crippen molar-refractivity contribution in [1.82, 2.24) is 10.0 Å². The first-order valence-electron chi connectivity index (χ1n) is 7.79. The van der Waals surface area contributed by atoms with E-state index >= 15 is 0 Å². The zero-order valence-corrected chi connectivity index (χ0v) is 14.3. The van der Waals surface area contributed by atoms with E-state index in [-0.39, 0.29) is 0 Å². The maximum atomic E-state index is 11.9. The predicted octanol–water partition coefficient (Wildman–Crippen LogP) is 2.87. The van der Waals surface area contributed by atoms with Crippen LogP contribution in [0.2, 0.25) is 0 Å². The Morgan fingerprint density at radius 2 is 1.71 bits per heavy atom. The lowest BCUT2D eigenvalue weighted by Crippen LogP contribution is -2.32. The van der Waals surface area contributed by atoms with Gasteiger partial charge in [0.25, 0.3) is 0 Å². The summed E-state index contributed by atoms with van der Waals surface area (Å²) in [6, 6.07) is 7.64. The summed E-state index contributed by atoms with van der Waals surface area (Å²) in [5, 5.41) is 3.52. The minimum Gasteiger partial charge on any atom is -0.314 e. The Hall–Kier alpha value is -0.910. The van der Waals surface area contributed by atoms with Crippen LogP contribution in [0.15, 0.2) is 29.2 Å². The van der Waals surface area contributed by atoms with Crippen LogP contribution in [0, 0.1) is 0 Å². The van der Waals surface area contributed by atoms with Crippen molar-refractivity contribution in [1.29, 1.82) is 0 Å². The molecule has 21 heavy (non-hydrogen) atoms. The summed E-state index contributed by atoms with van der Waals surface area (Å²) >= 11 is 0. The molecule has 0 saturated heterocycles. The lowest BCUT2D eigenvalue weighted by molar-refractivity contribution is 0.450. The number of rotatable bonds is 9. The van der Waals surface area contributed by atoms with E-state index < -0.39 is 10.0 Å². The molecule has 2 N–H and O–H groups in total. The molecule has 120 valence electrons. The van der Waals surface area contributed by atoms with Gasteiger partial charge >= 0.3 is 0 Å². The largest absolute Gasteiger partial charge is 0.314 e. The minimum absolute atomic E-state index is 0.331. The highest BCUT2D eigenvalue weighted by Gasteiger charge is 2.18. The Morgan fingerprint density at radius 3 is 2.19 bits per heavy atom. The molecule has 0 fully saturated rings. The number of benzene rings is 1. The van der Waals surface area contributed by atoms with Gasteiger partial charge in [-0.25, -0.2) is 13.1 Å². The summed E-state index contributed by atoms with van der Waals surface area (Å²) in [4.78, 5) is 0.331. The minimum atomic E-state index is -3.36. The quantitative estimate of drug-likeness (QED) is 0.737. The van der Waals surface area contributed by atoms with Crippen molar-refractivity contribution in [3.05, 3.63) is 29.8 Å². The standard InChI is InChI=1S/C16H28N2O2S/c1-5-12-17-13(4)16(6-2)14-8-10-15(11-9-14)21(19,20)18-7-3/h8-11,13,16-18H,5-7,12H2,1-4H3. The van der Waals surface area contributed by atoms with Crippen LogP contribution in [-0.4, -0.2) is 27.5 Å². The second-order valence-corrected chi connectivity index (χ2v) is 7.09. The lowest BCUT2D eigenvalue weighted by atomic mass is 9.90. The molecule has 5 heteroatoms. The summed E-state index contributed by atoms with van der Waals surface area (Å²) in [5.41, 5.74) is 1.18. The van der Waals surface area contributed by atoms with Crippen molar-refractivity contribution in [2.24, 2.45) is 0 Å². The van der Waals surface area contributed by atoms with Crippen molar-refractivity contribution in [2.75, 3.05) is 13.1 Å². The van der Waals surface area contributed by atoms with Gasteiger partial charge in [0.05, 0.1) is 4.90 Å². The van der Waals surface area contributed by atoms with E-state index in [0.29, 0.717) is 23.4 Å². The molecule has 0 saturated carbocycles. The fourth-order valence-corrected chi connectivity index (χ4v) is 3.60. The van der Waals surface area contributed by atoms with Gasteiger partial charge in [-0.1, -0.05) is 32.9 Å². The molecule has 0 heterocycles. The van der Waals surface area contributed by atoms with Gasteiger partial charge < -0.3 is 5.32 Å². The average molecular weight is 312 g/mol. The zero-order valence-electron chi connectivity index (χ0n) is 13.5. The van der Waals surface area contributed by atoms with Crippen LogP contribution < -0.4 is 10.0 Å². The van der Waals surface area contributed by atoms with Crippen LogP contribution >= 0.6 is 0 Å². The Morgan fingerprint density at radius 1 is 1.10 bits per heavy atom. The van der Waals surface area contributed by atoms with E-state index in [4.69, 9.17) is 0 Å². The molecule has 1 aromatic rings. The lowest BCUT2D eigenvalue weighted by Gasteiger charge is -2.24.